The smallest absolute Gasteiger partial charge is 0.137 e. The molecular formula is C14H15N3O2. The Labute approximate surface area is 111 Å². The van der Waals surface area contributed by atoms with Crippen LogP contribution in [-0.2, 0) is 6.54 Å². The van der Waals surface area contributed by atoms with E-state index in [2.05, 4.69) is 21.9 Å². The summed E-state index contributed by atoms with van der Waals surface area (Å²) in [4.78, 5) is 3.91. The van der Waals surface area contributed by atoms with Gasteiger partial charge >= 0.3 is 0 Å². The number of hydrogen-bond donors (Lipinski definition) is 1. The maximum atomic E-state index is 8.71. The van der Waals surface area contributed by atoms with Crippen LogP contribution in [0.15, 0.2) is 30.9 Å². The quantitative estimate of drug-likeness (QED) is 0.832. The maximum Gasteiger partial charge on any atom is 0.137 e. The third kappa shape index (κ3) is 3.57. The molecule has 1 heterocycles. The Balaban J connectivity index is 2.24. The normalized spacial score (nSPS) is 9.79. The number of aromatic nitrogens is 3. The number of rotatable bonds is 4. The Morgan fingerprint density at radius 2 is 2.32 bits per heavy atom. The van der Waals surface area contributed by atoms with Crippen molar-refractivity contribution >= 4 is 0 Å². The molecule has 5 heteroatoms. The molecule has 1 N–H and O–H groups in total. The number of hydrogen-bond acceptors (Lipinski definition) is 4. The minimum absolute atomic E-state index is 0.0783. The van der Waals surface area contributed by atoms with Crippen LogP contribution >= 0.6 is 0 Å². The van der Waals surface area contributed by atoms with E-state index in [1.54, 1.807) is 18.1 Å². The van der Waals surface area contributed by atoms with Gasteiger partial charge in [-0.25, -0.2) is 9.67 Å². The van der Waals surface area contributed by atoms with Gasteiger partial charge in [0.1, 0.15) is 18.4 Å². The zero-order valence-corrected chi connectivity index (χ0v) is 10.7. The minimum atomic E-state index is 0.0783. The van der Waals surface area contributed by atoms with Crippen LogP contribution < -0.4 is 4.74 Å². The van der Waals surface area contributed by atoms with Gasteiger partial charge in [-0.1, -0.05) is 11.8 Å². The zero-order valence-electron chi connectivity index (χ0n) is 10.7. The molecule has 2 aromatic rings. The molecule has 0 amide bonds. The van der Waals surface area contributed by atoms with Gasteiger partial charge in [0.2, 0.25) is 0 Å². The Hall–Kier alpha value is -2.32. The Bertz CT molecular complexity index is 582. The number of benzene rings is 1. The molecule has 0 unspecified atom stereocenters. The van der Waals surface area contributed by atoms with Crippen molar-refractivity contribution in [2.75, 3.05) is 13.7 Å². The average Bonchev–Trinajstić information content (AvgIpc) is 2.92. The van der Waals surface area contributed by atoms with Crippen LogP contribution in [0.1, 0.15) is 17.5 Å². The van der Waals surface area contributed by atoms with Gasteiger partial charge in [-0.2, -0.15) is 5.10 Å². The molecule has 0 radical (unpaired) electrons. The van der Waals surface area contributed by atoms with Crippen molar-refractivity contribution in [2.45, 2.75) is 13.0 Å². The second-order valence-electron chi connectivity index (χ2n) is 3.90. The number of aliphatic hydroxyl groups is 1. The summed E-state index contributed by atoms with van der Waals surface area (Å²) in [6.45, 7) is 0.660. The molecule has 5 nitrogen and oxygen atoms in total. The molecule has 0 saturated carbocycles. The van der Waals surface area contributed by atoms with E-state index in [0.29, 0.717) is 13.0 Å². The lowest BCUT2D eigenvalue weighted by atomic mass is 10.1. The summed E-state index contributed by atoms with van der Waals surface area (Å²) < 4.78 is 7.05. The van der Waals surface area contributed by atoms with Crippen LogP contribution in [0.5, 0.6) is 5.75 Å². The van der Waals surface area contributed by atoms with Crippen molar-refractivity contribution in [3.05, 3.63) is 42.0 Å². The van der Waals surface area contributed by atoms with Crippen molar-refractivity contribution in [2.24, 2.45) is 0 Å². The number of aliphatic hydroxyl groups excluding tert-OH is 1. The van der Waals surface area contributed by atoms with Gasteiger partial charge in [-0.05, 0) is 18.2 Å². The van der Waals surface area contributed by atoms with Crippen LogP contribution in [0.3, 0.4) is 0 Å². The van der Waals surface area contributed by atoms with Crippen molar-refractivity contribution in [3.63, 3.8) is 0 Å². The average molecular weight is 257 g/mol. The third-order valence-electron chi connectivity index (χ3n) is 2.55. The van der Waals surface area contributed by atoms with E-state index in [0.717, 1.165) is 16.9 Å². The molecule has 0 aliphatic heterocycles. The highest BCUT2D eigenvalue weighted by Gasteiger charge is 2.05. The molecular weight excluding hydrogens is 242 g/mol. The highest BCUT2D eigenvalue weighted by molar-refractivity contribution is 5.44. The molecule has 0 aliphatic carbocycles. The van der Waals surface area contributed by atoms with Crippen molar-refractivity contribution in [1.82, 2.24) is 14.8 Å². The molecule has 0 atom stereocenters. The highest BCUT2D eigenvalue weighted by Crippen LogP contribution is 2.20. The van der Waals surface area contributed by atoms with E-state index in [1.807, 2.05) is 18.2 Å². The van der Waals surface area contributed by atoms with Crippen LogP contribution in [0, 0.1) is 11.8 Å². The van der Waals surface area contributed by atoms with Crippen molar-refractivity contribution < 1.29 is 9.84 Å². The second kappa shape index (κ2) is 6.57. The molecule has 0 spiro atoms. The molecule has 98 valence electrons. The second-order valence-corrected chi connectivity index (χ2v) is 3.90. The highest BCUT2D eigenvalue weighted by atomic mass is 16.5. The summed E-state index contributed by atoms with van der Waals surface area (Å²) in [5.41, 5.74) is 1.88. The molecule has 1 aromatic carbocycles. The Morgan fingerprint density at radius 3 is 3.00 bits per heavy atom. The first-order valence-electron chi connectivity index (χ1n) is 5.92. The number of nitrogens with zero attached hydrogens (tertiary/aromatic N) is 3. The summed E-state index contributed by atoms with van der Waals surface area (Å²) in [6.07, 6.45) is 3.63. The minimum Gasteiger partial charge on any atom is -0.496 e. The third-order valence-corrected chi connectivity index (χ3v) is 2.55. The van der Waals surface area contributed by atoms with E-state index in [1.165, 1.54) is 6.33 Å². The van der Waals surface area contributed by atoms with E-state index in [-0.39, 0.29) is 6.61 Å². The fourth-order valence-electron chi connectivity index (χ4n) is 1.69. The predicted octanol–water partition coefficient (Wildman–Crippen LogP) is 1.07. The first-order chi connectivity index (χ1) is 9.33. The summed E-state index contributed by atoms with van der Waals surface area (Å²) in [7, 11) is 1.64. The fraction of sp³-hybridized carbons (Fsp3) is 0.286. The van der Waals surface area contributed by atoms with Gasteiger partial charge in [-0.3, -0.25) is 0 Å². The lowest BCUT2D eigenvalue weighted by molar-refractivity contribution is 0.305. The predicted molar refractivity (Wildman–Crippen MR) is 70.7 cm³/mol. The van der Waals surface area contributed by atoms with Crippen molar-refractivity contribution in [3.8, 4) is 17.6 Å². The molecule has 0 fully saturated rings. The zero-order chi connectivity index (χ0) is 13.5. The number of ether oxygens (including phenoxy) is 1. The van der Waals surface area contributed by atoms with Gasteiger partial charge in [-0.15, -0.1) is 0 Å². The standard InChI is InChI=1S/C14H15N3O2/c1-19-14-6-5-12(4-2-3-7-18)8-13(14)9-17-11-15-10-16-17/h5-6,8,10-11,18H,3,7,9H2,1H3. The SMILES string of the molecule is COc1ccc(C#CCCO)cc1Cn1cncn1. The van der Waals surface area contributed by atoms with E-state index in [4.69, 9.17) is 9.84 Å². The topological polar surface area (TPSA) is 60.2 Å². The van der Waals surface area contributed by atoms with Gasteiger partial charge in [0.25, 0.3) is 0 Å². The van der Waals surface area contributed by atoms with Crippen LogP contribution in [0.25, 0.3) is 0 Å². The van der Waals surface area contributed by atoms with E-state index < -0.39 is 0 Å². The van der Waals surface area contributed by atoms with Gasteiger partial charge in [0, 0.05) is 17.5 Å². The molecule has 1 aromatic heterocycles. The first kappa shape index (κ1) is 13.1. The van der Waals surface area contributed by atoms with Crippen molar-refractivity contribution in [1.29, 1.82) is 0 Å². The maximum absolute atomic E-state index is 8.71. The van der Waals surface area contributed by atoms with Crippen LogP contribution in [0.2, 0.25) is 0 Å². The summed E-state index contributed by atoms with van der Waals surface area (Å²) in [6, 6.07) is 5.74. The Kier molecular flexibility index (Phi) is 4.54. The van der Waals surface area contributed by atoms with Crippen LogP contribution in [0.4, 0.5) is 0 Å². The largest absolute Gasteiger partial charge is 0.496 e. The molecule has 0 bridgehead atoms. The van der Waals surface area contributed by atoms with E-state index >= 15 is 0 Å². The molecule has 0 aliphatic rings. The lowest BCUT2D eigenvalue weighted by Crippen LogP contribution is -2.02. The number of methoxy groups -OCH3 is 1. The molecule has 19 heavy (non-hydrogen) atoms. The lowest BCUT2D eigenvalue weighted by Gasteiger charge is -2.08. The van der Waals surface area contributed by atoms with Gasteiger partial charge in [0.15, 0.2) is 0 Å². The first-order valence-corrected chi connectivity index (χ1v) is 5.92. The summed E-state index contributed by atoms with van der Waals surface area (Å²) in [5, 5.41) is 12.8. The van der Waals surface area contributed by atoms with Gasteiger partial charge < -0.3 is 9.84 Å². The molecule has 0 saturated heterocycles. The van der Waals surface area contributed by atoms with Gasteiger partial charge in [0.05, 0.1) is 20.3 Å². The van der Waals surface area contributed by atoms with E-state index in [9.17, 15) is 0 Å². The van der Waals surface area contributed by atoms with Crippen LogP contribution in [-0.4, -0.2) is 33.6 Å². The summed E-state index contributed by atoms with van der Waals surface area (Å²) in [5.74, 6) is 6.70. The summed E-state index contributed by atoms with van der Waals surface area (Å²) >= 11 is 0. The monoisotopic (exact) mass is 257 g/mol. The molecule has 2 rings (SSSR count). The fourth-order valence-corrected chi connectivity index (χ4v) is 1.69. The Morgan fingerprint density at radius 1 is 1.42 bits per heavy atom.